The van der Waals surface area contributed by atoms with Gasteiger partial charge in [-0.2, -0.15) is 0 Å². The van der Waals surface area contributed by atoms with Crippen LogP contribution in [-0.2, 0) is 9.59 Å². The summed E-state index contributed by atoms with van der Waals surface area (Å²) in [4.78, 5) is 22.8. The zero-order valence-corrected chi connectivity index (χ0v) is 7.41. The number of carbonyl (C=O) groups is 2. The van der Waals surface area contributed by atoms with Crippen molar-refractivity contribution in [2.24, 2.45) is 23.7 Å². The molecule has 1 saturated heterocycles. The second-order valence-corrected chi connectivity index (χ2v) is 4.32. The molecular formula is C10H11NO2. The van der Waals surface area contributed by atoms with Crippen molar-refractivity contribution in [3.8, 4) is 0 Å². The van der Waals surface area contributed by atoms with Gasteiger partial charge in [0.1, 0.15) is 0 Å². The molecule has 2 bridgehead atoms. The Morgan fingerprint density at radius 3 is 2.77 bits per heavy atom. The highest BCUT2D eigenvalue weighted by Crippen LogP contribution is 2.53. The molecule has 4 atom stereocenters. The third kappa shape index (κ3) is 0.705. The van der Waals surface area contributed by atoms with Crippen LogP contribution in [0.1, 0.15) is 13.3 Å². The first-order valence-corrected chi connectivity index (χ1v) is 4.71. The molecule has 0 aromatic carbocycles. The first-order chi connectivity index (χ1) is 6.18. The largest absolute Gasteiger partial charge is 0.296 e. The number of carbonyl (C=O) groups excluding carboxylic acids is 2. The summed E-state index contributed by atoms with van der Waals surface area (Å²) in [5.74, 6) is 0.507. The van der Waals surface area contributed by atoms with E-state index < -0.39 is 0 Å². The maximum atomic E-state index is 11.4. The molecule has 3 nitrogen and oxygen atoms in total. The maximum absolute atomic E-state index is 11.4. The number of fused-ring (bicyclic) bond motifs is 5. The fourth-order valence-electron chi connectivity index (χ4n) is 3.20. The predicted octanol–water partition coefficient (Wildman–Crippen LogP) is 0.471. The fourth-order valence-corrected chi connectivity index (χ4v) is 3.20. The van der Waals surface area contributed by atoms with E-state index in [9.17, 15) is 9.59 Å². The van der Waals surface area contributed by atoms with Gasteiger partial charge in [0, 0.05) is 0 Å². The van der Waals surface area contributed by atoms with Gasteiger partial charge in [-0.3, -0.25) is 14.9 Å². The highest BCUT2D eigenvalue weighted by atomic mass is 16.2. The van der Waals surface area contributed by atoms with Gasteiger partial charge in [0.25, 0.3) is 0 Å². The van der Waals surface area contributed by atoms with Gasteiger partial charge in [-0.15, -0.1) is 0 Å². The minimum absolute atomic E-state index is 0.0394. The summed E-state index contributed by atoms with van der Waals surface area (Å²) in [6.07, 6.45) is 3.18. The Labute approximate surface area is 76.2 Å². The summed E-state index contributed by atoms with van der Waals surface area (Å²) < 4.78 is 0. The average Bonchev–Trinajstić information content (AvgIpc) is 2.64. The monoisotopic (exact) mass is 177 g/mol. The van der Waals surface area contributed by atoms with Gasteiger partial charge in [0.2, 0.25) is 11.8 Å². The molecule has 3 heteroatoms. The minimum atomic E-state index is -0.0498. The van der Waals surface area contributed by atoms with Gasteiger partial charge in [0.15, 0.2) is 0 Å². The highest BCUT2D eigenvalue weighted by Gasteiger charge is 2.57. The van der Waals surface area contributed by atoms with Crippen molar-refractivity contribution >= 4 is 11.8 Å². The summed E-state index contributed by atoms with van der Waals surface area (Å²) in [6, 6.07) is 0. The number of hydrogen-bond donors (Lipinski definition) is 1. The first-order valence-electron chi connectivity index (χ1n) is 4.71. The molecule has 2 amide bonds. The molecule has 3 rings (SSSR count). The van der Waals surface area contributed by atoms with E-state index in [-0.39, 0.29) is 23.7 Å². The van der Waals surface area contributed by atoms with E-state index in [1.807, 2.05) is 0 Å². The highest BCUT2D eigenvalue weighted by molar-refractivity contribution is 6.06. The van der Waals surface area contributed by atoms with Crippen molar-refractivity contribution in [2.45, 2.75) is 13.3 Å². The molecule has 2 aliphatic carbocycles. The fraction of sp³-hybridized carbons (Fsp3) is 0.600. The van der Waals surface area contributed by atoms with Gasteiger partial charge in [-0.25, -0.2) is 0 Å². The van der Waals surface area contributed by atoms with Crippen LogP contribution >= 0.6 is 0 Å². The molecule has 1 heterocycles. The minimum Gasteiger partial charge on any atom is -0.296 e. The molecule has 68 valence electrons. The Balaban J connectivity index is 2.08. The van der Waals surface area contributed by atoms with Crippen LogP contribution in [-0.4, -0.2) is 11.8 Å². The first kappa shape index (κ1) is 7.30. The lowest BCUT2D eigenvalue weighted by molar-refractivity contribution is -0.126. The van der Waals surface area contributed by atoms with E-state index >= 15 is 0 Å². The normalized spacial score (nSPS) is 46.4. The van der Waals surface area contributed by atoms with Crippen LogP contribution < -0.4 is 5.32 Å². The van der Waals surface area contributed by atoms with Gasteiger partial charge < -0.3 is 0 Å². The number of hydrogen-bond acceptors (Lipinski definition) is 2. The van der Waals surface area contributed by atoms with Crippen LogP contribution in [0.25, 0.3) is 0 Å². The standard InChI is InChI=1S/C10H11NO2/c1-4-2-5-3-6(4)8-7(5)9(12)11-10(8)13/h2,5-8H,3H2,1H3,(H,11,12,13)/t5-,6-,7+,8+/m0/s1. The Bertz CT molecular complexity index is 345. The molecule has 13 heavy (non-hydrogen) atoms. The number of amides is 2. The van der Waals surface area contributed by atoms with Crippen molar-refractivity contribution in [2.75, 3.05) is 0 Å². The number of nitrogens with one attached hydrogen (secondary N) is 1. The van der Waals surface area contributed by atoms with Gasteiger partial charge in [0.05, 0.1) is 11.8 Å². The predicted molar refractivity (Wildman–Crippen MR) is 45.5 cm³/mol. The molecular weight excluding hydrogens is 166 g/mol. The van der Waals surface area contributed by atoms with Crippen LogP contribution in [0.15, 0.2) is 11.6 Å². The molecule has 0 unspecified atom stereocenters. The lowest BCUT2D eigenvalue weighted by Crippen LogP contribution is -2.25. The maximum Gasteiger partial charge on any atom is 0.231 e. The summed E-state index contributed by atoms with van der Waals surface area (Å²) in [7, 11) is 0. The molecule has 2 fully saturated rings. The van der Waals surface area contributed by atoms with Crippen molar-refractivity contribution in [1.29, 1.82) is 0 Å². The van der Waals surface area contributed by atoms with Crippen LogP contribution in [0.5, 0.6) is 0 Å². The quantitative estimate of drug-likeness (QED) is 0.432. The zero-order valence-electron chi connectivity index (χ0n) is 7.41. The van der Waals surface area contributed by atoms with E-state index in [2.05, 4.69) is 18.3 Å². The van der Waals surface area contributed by atoms with Gasteiger partial charge in [-0.1, -0.05) is 11.6 Å². The summed E-state index contributed by atoms with van der Waals surface area (Å²) in [6.45, 7) is 2.07. The third-order valence-electron chi connectivity index (χ3n) is 3.72. The van der Waals surface area contributed by atoms with Crippen LogP contribution in [0.4, 0.5) is 0 Å². The molecule has 1 saturated carbocycles. The molecule has 0 radical (unpaired) electrons. The van der Waals surface area contributed by atoms with E-state index in [1.165, 1.54) is 5.57 Å². The smallest absolute Gasteiger partial charge is 0.231 e. The zero-order chi connectivity index (χ0) is 9.16. The topological polar surface area (TPSA) is 46.2 Å². The summed E-state index contributed by atoms with van der Waals surface area (Å²) >= 11 is 0. The lowest BCUT2D eigenvalue weighted by atomic mass is 9.82. The third-order valence-corrected chi connectivity index (χ3v) is 3.72. The summed E-state index contributed by atoms with van der Waals surface area (Å²) in [5.41, 5.74) is 1.30. The molecule has 0 spiro atoms. The Morgan fingerprint density at radius 2 is 2.00 bits per heavy atom. The van der Waals surface area contributed by atoms with Gasteiger partial charge >= 0.3 is 0 Å². The Hall–Kier alpha value is -1.12. The van der Waals surface area contributed by atoms with E-state index in [0.29, 0.717) is 11.8 Å². The van der Waals surface area contributed by atoms with Crippen molar-refractivity contribution in [1.82, 2.24) is 5.32 Å². The van der Waals surface area contributed by atoms with Crippen molar-refractivity contribution in [3.05, 3.63) is 11.6 Å². The molecule has 0 aromatic rings. The molecule has 0 aromatic heterocycles. The number of allylic oxidation sites excluding steroid dienone is 2. The van der Waals surface area contributed by atoms with Crippen LogP contribution in [0.2, 0.25) is 0 Å². The van der Waals surface area contributed by atoms with E-state index in [1.54, 1.807) is 0 Å². The number of imide groups is 1. The molecule has 1 aliphatic heterocycles. The Kier molecular flexibility index (Phi) is 1.14. The van der Waals surface area contributed by atoms with E-state index in [4.69, 9.17) is 0 Å². The van der Waals surface area contributed by atoms with Crippen LogP contribution in [0, 0.1) is 23.7 Å². The molecule has 1 N–H and O–H groups in total. The van der Waals surface area contributed by atoms with Crippen molar-refractivity contribution in [3.63, 3.8) is 0 Å². The second kappa shape index (κ2) is 2.03. The van der Waals surface area contributed by atoms with Crippen molar-refractivity contribution < 1.29 is 9.59 Å². The molecule has 3 aliphatic rings. The number of rotatable bonds is 0. The summed E-state index contributed by atoms with van der Waals surface area (Å²) in [5, 5.41) is 2.43. The Morgan fingerprint density at radius 1 is 1.31 bits per heavy atom. The van der Waals surface area contributed by atoms with Gasteiger partial charge in [-0.05, 0) is 25.2 Å². The van der Waals surface area contributed by atoms with Crippen LogP contribution in [0.3, 0.4) is 0 Å². The second-order valence-electron chi connectivity index (χ2n) is 4.32. The van der Waals surface area contributed by atoms with E-state index in [0.717, 1.165) is 6.42 Å². The average molecular weight is 177 g/mol. The lowest BCUT2D eigenvalue weighted by Gasteiger charge is -2.18. The SMILES string of the molecule is CC1=C[C@H]2C[C@@H]1[C@H]1C(=O)NC(=O)[C@@H]12.